The molecular weight excluding hydrogens is 466 g/mol. The molecule has 0 saturated heterocycles. The first-order valence-electron chi connectivity index (χ1n) is 7.47. The summed E-state index contributed by atoms with van der Waals surface area (Å²) in [5.41, 5.74) is 10.0. The molecule has 2 N–H and O–H groups in total. The van der Waals surface area contributed by atoms with E-state index in [0.29, 0.717) is 10.6 Å². The molecule has 6 heteroatoms. The molecule has 2 aliphatic carbocycles. The number of hydrogen-bond donors (Lipinski definition) is 1. The van der Waals surface area contributed by atoms with Crippen LogP contribution in [0.1, 0.15) is 58.7 Å². The average molecular weight is 481 g/mol. The maximum absolute atomic E-state index is 9.60. The number of nitrogen functional groups attached to an aromatic ring is 1. The van der Waals surface area contributed by atoms with Crippen LogP contribution in [-0.2, 0) is 37.6 Å². The number of nitrogens with zero attached hydrogens (tertiary/aromatic N) is 2. The minimum atomic E-state index is -0.177. The Morgan fingerprint density at radius 3 is 2.86 bits per heavy atom. The van der Waals surface area contributed by atoms with Crippen LogP contribution in [0.15, 0.2) is 4.52 Å². The number of aryl methyl sites for hydroxylation is 1. The number of aromatic nitrogens is 1. The number of anilines is 1. The molecule has 22 heavy (non-hydrogen) atoms. The molecule has 1 unspecified atom stereocenters. The molecule has 2 aromatic rings. The molecule has 0 aromatic carbocycles. The summed E-state index contributed by atoms with van der Waals surface area (Å²) in [6.45, 7) is 0. The Hall–Kier alpha value is -1.24. The minimum absolute atomic E-state index is 0.177. The first-order valence-corrected chi connectivity index (χ1v) is 9.98. The van der Waals surface area contributed by atoms with Gasteiger partial charge in [0.1, 0.15) is 0 Å². The zero-order valence-electron chi connectivity index (χ0n) is 12.0. The predicted octanol–water partition coefficient (Wildman–Crippen LogP) is 2.85. The predicted molar refractivity (Wildman–Crippen MR) is 81.8 cm³/mol. The van der Waals surface area contributed by atoms with Crippen LogP contribution in [0, 0.1) is 11.3 Å². The summed E-state index contributed by atoms with van der Waals surface area (Å²) in [4.78, 5) is 1.28. The van der Waals surface area contributed by atoms with Crippen LogP contribution < -0.4 is 5.73 Å². The molecule has 2 aromatic heterocycles. The quantitative estimate of drug-likeness (QED) is 0.680. The average Bonchev–Trinajstić information content (AvgIpc) is 3.09. The van der Waals surface area contributed by atoms with E-state index in [0.717, 1.165) is 55.5 Å². The van der Waals surface area contributed by atoms with Crippen LogP contribution in [0.3, 0.4) is 0 Å². The van der Waals surface area contributed by atoms with Crippen molar-refractivity contribution in [1.29, 1.82) is 5.26 Å². The molecular formula is C16H15N3OSW. The van der Waals surface area contributed by atoms with Gasteiger partial charge >= 0.3 is 144 Å². The molecule has 0 aliphatic heterocycles. The van der Waals surface area contributed by atoms with E-state index in [-0.39, 0.29) is 5.41 Å². The maximum atomic E-state index is 9.60. The number of hydrogen-bond acceptors (Lipinski definition) is 5. The van der Waals surface area contributed by atoms with E-state index in [4.69, 9.17) is 10.3 Å². The van der Waals surface area contributed by atoms with Crippen LogP contribution in [0.25, 0.3) is 0 Å². The van der Waals surface area contributed by atoms with Crippen LogP contribution in [-0.4, -0.2) is 9.56 Å². The fraction of sp³-hybridized carbons (Fsp3) is 0.438. The van der Waals surface area contributed by atoms with Crippen LogP contribution in [0.4, 0.5) is 5.00 Å². The first-order chi connectivity index (χ1) is 10.7. The molecule has 2 aliphatic rings. The number of nitriles is 1. The zero-order valence-corrected chi connectivity index (χ0v) is 15.8. The van der Waals surface area contributed by atoms with Gasteiger partial charge in [-0.25, -0.2) is 0 Å². The fourth-order valence-corrected chi connectivity index (χ4v) is 5.98. The van der Waals surface area contributed by atoms with Gasteiger partial charge in [0.05, 0.1) is 0 Å². The normalized spacial score (nSPS) is 22.9. The van der Waals surface area contributed by atoms with Gasteiger partial charge in [-0.05, 0) is 0 Å². The Morgan fingerprint density at radius 2 is 2.14 bits per heavy atom. The topological polar surface area (TPSA) is 75.8 Å². The second-order valence-electron chi connectivity index (χ2n) is 6.03. The van der Waals surface area contributed by atoms with Crippen molar-refractivity contribution in [2.75, 3.05) is 5.73 Å². The molecule has 0 saturated carbocycles. The van der Waals surface area contributed by atoms with Gasteiger partial charge in [-0.2, -0.15) is 0 Å². The van der Waals surface area contributed by atoms with Gasteiger partial charge < -0.3 is 0 Å². The monoisotopic (exact) mass is 481 g/mol. The molecule has 4 rings (SSSR count). The third kappa shape index (κ3) is 1.77. The van der Waals surface area contributed by atoms with Gasteiger partial charge in [-0.3, -0.25) is 0 Å². The van der Waals surface area contributed by atoms with Crippen molar-refractivity contribution >= 4 is 20.7 Å². The molecule has 112 valence electrons. The molecule has 0 fully saturated rings. The van der Waals surface area contributed by atoms with Crippen molar-refractivity contribution in [1.82, 2.24) is 5.16 Å². The fourth-order valence-electron chi connectivity index (χ4n) is 4.16. The third-order valence-corrected chi connectivity index (χ3v) is 6.88. The molecule has 1 spiro atoms. The van der Waals surface area contributed by atoms with Gasteiger partial charge in [0.15, 0.2) is 0 Å². The zero-order chi connectivity index (χ0) is 15.3. The molecule has 1 atom stereocenters. The van der Waals surface area contributed by atoms with E-state index in [1.807, 2.05) is 0 Å². The third-order valence-electron chi connectivity index (χ3n) is 5.00. The van der Waals surface area contributed by atoms with Gasteiger partial charge in [0.2, 0.25) is 0 Å². The number of fused-ring (bicyclic) bond motifs is 4. The van der Waals surface area contributed by atoms with Gasteiger partial charge in [-0.1, -0.05) is 0 Å². The summed E-state index contributed by atoms with van der Waals surface area (Å²) in [6, 6.07) is 2.35. The van der Waals surface area contributed by atoms with Gasteiger partial charge in [0.25, 0.3) is 0 Å². The van der Waals surface area contributed by atoms with E-state index >= 15 is 0 Å². The Labute approximate surface area is 143 Å². The molecule has 0 bridgehead atoms. The van der Waals surface area contributed by atoms with Gasteiger partial charge in [0, 0.05) is 0 Å². The Balaban J connectivity index is 2.02. The van der Waals surface area contributed by atoms with Crippen LogP contribution >= 0.6 is 11.3 Å². The molecule has 4 nitrogen and oxygen atoms in total. The molecule has 0 amide bonds. The van der Waals surface area contributed by atoms with Gasteiger partial charge in [-0.15, -0.1) is 0 Å². The number of rotatable bonds is 1. The van der Waals surface area contributed by atoms with Crippen molar-refractivity contribution in [3.8, 4) is 6.07 Å². The molecule has 0 radical (unpaired) electrons. The van der Waals surface area contributed by atoms with Crippen molar-refractivity contribution in [3.63, 3.8) is 0 Å². The summed E-state index contributed by atoms with van der Waals surface area (Å²) in [5.74, 6) is 1.00. The summed E-state index contributed by atoms with van der Waals surface area (Å²) in [5, 5.41) is 14.5. The van der Waals surface area contributed by atoms with E-state index in [2.05, 4.69) is 15.6 Å². The number of nitrogens with two attached hydrogens (primary N) is 1. The van der Waals surface area contributed by atoms with Crippen molar-refractivity contribution in [2.24, 2.45) is 0 Å². The van der Waals surface area contributed by atoms with Crippen molar-refractivity contribution in [2.45, 2.75) is 43.9 Å². The van der Waals surface area contributed by atoms with E-state index in [9.17, 15) is 5.26 Å². The first kappa shape index (κ1) is 14.4. The van der Waals surface area contributed by atoms with Crippen LogP contribution in [0.5, 0.6) is 0 Å². The second kappa shape index (κ2) is 5.15. The van der Waals surface area contributed by atoms with Crippen molar-refractivity contribution in [3.05, 3.63) is 33.0 Å². The van der Waals surface area contributed by atoms with Crippen LogP contribution in [0.2, 0.25) is 0 Å². The van der Waals surface area contributed by atoms with Crippen molar-refractivity contribution < 1.29 is 23.9 Å². The summed E-state index contributed by atoms with van der Waals surface area (Å²) >= 11 is 2.97. The van der Waals surface area contributed by atoms with E-state index < -0.39 is 0 Å². The summed E-state index contributed by atoms with van der Waals surface area (Å²) < 4.78 is 7.92. The summed E-state index contributed by atoms with van der Waals surface area (Å²) in [6.07, 6.45) is 6.34. The summed E-state index contributed by atoms with van der Waals surface area (Å²) in [7, 11) is 0. The Morgan fingerprint density at radius 1 is 1.36 bits per heavy atom. The Kier molecular flexibility index (Phi) is 3.36. The van der Waals surface area contributed by atoms with E-state index in [1.54, 1.807) is 11.3 Å². The second-order valence-corrected chi connectivity index (χ2v) is 8.02. The van der Waals surface area contributed by atoms with E-state index in [1.165, 1.54) is 29.8 Å². The Bertz CT molecular complexity index is 812. The SMILES string of the molecule is N#Cc1c(N)sc2c1C1(CCC2)CCCc2c([CH]=[W])noc21. The molecule has 2 heterocycles. The number of thiophene rings is 1. The standard InChI is InChI=1S/C16H15N3OS.W/c1-9-10-4-2-6-16(14(10)20-19-9)7-3-5-12-13(16)11(8-17)15(18)21-12;/h1H,2-7,18H2;.